The van der Waals surface area contributed by atoms with Gasteiger partial charge < -0.3 is 10.6 Å². The molecule has 0 amide bonds. The van der Waals surface area contributed by atoms with Crippen LogP contribution in [0.1, 0.15) is 42.6 Å². The second-order valence-electron chi connectivity index (χ2n) is 4.79. The van der Waals surface area contributed by atoms with Crippen LogP contribution in [0.15, 0.2) is 0 Å². The molecule has 0 spiro atoms. The van der Waals surface area contributed by atoms with Crippen LogP contribution in [0.2, 0.25) is 0 Å². The average Bonchev–Trinajstić information content (AvgIpc) is 2.87. The van der Waals surface area contributed by atoms with Gasteiger partial charge in [0.1, 0.15) is 0 Å². The molecule has 3 rings (SSSR count). The Morgan fingerprint density at radius 3 is 2.81 bits per heavy atom. The van der Waals surface area contributed by atoms with Gasteiger partial charge in [-0.25, -0.2) is 9.97 Å². The first-order valence-corrected chi connectivity index (χ1v) is 6.16. The van der Waals surface area contributed by atoms with Crippen molar-refractivity contribution in [2.75, 3.05) is 5.32 Å². The Balaban J connectivity index is 1.82. The Morgan fingerprint density at radius 2 is 2.00 bits per heavy atom. The molecule has 0 saturated heterocycles. The van der Waals surface area contributed by atoms with Crippen molar-refractivity contribution in [1.29, 1.82) is 0 Å². The first-order valence-electron chi connectivity index (χ1n) is 6.16. The van der Waals surface area contributed by atoms with Crippen molar-refractivity contribution in [3.8, 4) is 0 Å². The number of hydrogen-bond donors (Lipinski definition) is 2. The van der Waals surface area contributed by atoms with Crippen molar-refractivity contribution >= 4 is 5.95 Å². The van der Waals surface area contributed by atoms with Crippen molar-refractivity contribution in [1.82, 2.24) is 15.3 Å². The lowest BCUT2D eigenvalue weighted by molar-refractivity contribution is 0.738. The second kappa shape index (κ2) is 4.01. The van der Waals surface area contributed by atoms with Gasteiger partial charge in [0.2, 0.25) is 5.95 Å². The van der Waals surface area contributed by atoms with Gasteiger partial charge in [0, 0.05) is 30.4 Å². The van der Waals surface area contributed by atoms with Gasteiger partial charge in [-0.3, -0.25) is 0 Å². The Labute approximate surface area is 95.9 Å². The summed E-state index contributed by atoms with van der Waals surface area (Å²) in [7, 11) is 0. The number of nitrogens with one attached hydrogen (secondary N) is 2. The molecule has 1 aromatic rings. The summed E-state index contributed by atoms with van der Waals surface area (Å²) in [6.07, 6.45) is 5.20. The molecule has 1 fully saturated rings. The highest BCUT2D eigenvalue weighted by molar-refractivity contribution is 5.37. The Morgan fingerprint density at radius 1 is 1.19 bits per heavy atom. The van der Waals surface area contributed by atoms with E-state index in [-0.39, 0.29) is 0 Å². The molecule has 86 valence electrons. The zero-order valence-corrected chi connectivity index (χ0v) is 9.71. The third-order valence-electron chi connectivity index (χ3n) is 3.58. The molecular formula is C12H18N4. The van der Waals surface area contributed by atoms with Gasteiger partial charge in [0.15, 0.2) is 0 Å². The molecule has 1 aromatic heterocycles. The Kier molecular flexibility index (Phi) is 2.52. The number of fused-ring (bicyclic) bond motifs is 1. The van der Waals surface area contributed by atoms with Gasteiger partial charge >= 0.3 is 0 Å². The molecule has 1 aliphatic heterocycles. The zero-order chi connectivity index (χ0) is 11.0. The lowest BCUT2D eigenvalue weighted by Crippen LogP contribution is -2.17. The van der Waals surface area contributed by atoms with Gasteiger partial charge in [0.05, 0.1) is 5.69 Å². The SMILES string of the molecule is Cc1nc(NC2CCCC2)nc2c1CNC2. The van der Waals surface area contributed by atoms with Crippen LogP contribution in [0.25, 0.3) is 0 Å². The summed E-state index contributed by atoms with van der Waals surface area (Å²) in [4.78, 5) is 9.14. The minimum Gasteiger partial charge on any atom is -0.351 e. The fraction of sp³-hybridized carbons (Fsp3) is 0.667. The third kappa shape index (κ3) is 1.78. The highest BCUT2D eigenvalue weighted by atomic mass is 15.1. The number of nitrogens with zero attached hydrogens (tertiary/aromatic N) is 2. The lowest BCUT2D eigenvalue weighted by atomic mass is 10.2. The smallest absolute Gasteiger partial charge is 0.223 e. The summed E-state index contributed by atoms with van der Waals surface area (Å²) in [5.41, 5.74) is 3.58. The molecule has 4 heteroatoms. The minimum atomic E-state index is 0.590. The first-order chi connectivity index (χ1) is 7.83. The maximum absolute atomic E-state index is 4.59. The Hall–Kier alpha value is -1.16. The van der Waals surface area contributed by atoms with Crippen LogP contribution in [0, 0.1) is 6.92 Å². The van der Waals surface area contributed by atoms with Crippen LogP contribution in [-0.4, -0.2) is 16.0 Å². The molecule has 0 atom stereocenters. The molecule has 1 saturated carbocycles. The van der Waals surface area contributed by atoms with E-state index < -0.39 is 0 Å². The molecule has 16 heavy (non-hydrogen) atoms. The van der Waals surface area contributed by atoms with Crippen LogP contribution in [0.3, 0.4) is 0 Å². The third-order valence-corrected chi connectivity index (χ3v) is 3.58. The quantitative estimate of drug-likeness (QED) is 0.794. The predicted octanol–water partition coefficient (Wildman–Crippen LogP) is 1.74. The van der Waals surface area contributed by atoms with Crippen molar-refractivity contribution in [2.45, 2.75) is 51.7 Å². The van der Waals surface area contributed by atoms with Crippen LogP contribution in [0.4, 0.5) is 5.95 Å². The highest BCUT2D eigenvalue weighted by Gasteiger charge is 2.19. The second-order valence-corrected chi connectivity index (χ2v) is 4.79. The molecular weight excluding hydrogens is 200 g/mol. The maximum Gasteiger partial charge on any atom is 0.223 e. The maximum atomic E-state index is 4.59. The molecule has 4 nitrogen and oxygen atoms in total. The highest BCUT2D eigenvalue weighted by Crippen LogP contribution is 2.23. The summed E-state index contributed by atoms with van der Waals surface area (Å²) in [5, 5.41) is 6.78. The molecule has 2 aliphatic rings. The van der Waals surface area contributed by atoms with E-state index in [1.54, 1.807) is 0 Å². The van der Waals surface area contributed by atoms with Crippen LogP contribution in [0.5, 0.6) is 0 Å². The van der Waals surface area contributed by atoms with E-state index in [9.17, 15) is 0 Å². The first kappa shape index (κ1) is 10.0. The molecule has 1 aliphatic carbocycles. The van der Waals surface area contributed by atoms with E-state index in [0.717, 1.165) is 24.7 Å². The fourth-order valence-electron chi connectivity index (χ4n) is 2.65. The zero-order valence-electron chi connectivity index (χ0n) is 9.71. The van der Waals surface area contributed by atoms with Crippen LogP contribution >= 0.6 is 0 Å². The Bertz CT molecular complexity index is 396. The number of aromatic nitrogens is 2. The number of hydrogen-bond acceptors (Lipinski definition) is 4. The van der Waals surface area contributed by atoms with Crippen molar-refractivity contribution in [2.24, 2.45) is 0 Å². The topological polar surface area (TPSA) is 49.8 Å². The lowest BCUT2D eigenvalue weighted by Gasteiger charge is -2.13. The predicted molar refractivity (Wildman–Crippen MR) is 63.2 cm³/mol. The van der Waals surface area contributed by atoms with E-state index in [4.69, 9.17) is 0 Å². The van der Waals surface area contributed by atoms with Gasteiger partial charge in [-0.15, -0.1) is 0 Å². The summed E-state index contributed by atoms with van der Waals surface area (Å²) in [5.74, 6) is 0.826. The van der Waals surface area contributed by atoms with Gasteiger partial charge in [-0.05, 0) is 19.8 Å². The van der Waals surface area contributed by atoms with E-state index in [2.05, 4.69) is 27.5 Å². The molecule has 0 radical (unpaired) electrons. The monoisotopic (exact) mass is 218 g/mol. The van der Waals surface area contributed by atoms with Crippen LogP contribution in [-0.2, 0) is 13.1 Å². The summed E-state index contributed by atoms with van der Waals surface area (Å²) in [6, 6.07) is 0.590. The normalized spacial score (nSPS) is 20.1. The van der Waals surface area contributed by atoms with E-state index in [1.165, 1.54) is 36.9 Å². The molecule has 0 aromatic carbocycles. The van der Waals surface area contributed by atoms with E-state index in [1.807, 2.05) is 0 Å². The summed E-state index contributed by atoms with van der Waals surface area (Å²) >= 11 is 0. The van der Waals surface area contributed by atoms with Crippen molar-refractivity contribution < 1.29 is 0 Å². The molecule has 2 heterocycles. The minimum absolute atomic E-state index is 0.590. The van der Waals surface area contributed by atoms with E-state index in [0.29, 0.717) is 6.04 Å². The largest absolute Gasteiger partial charge is 0.351 e. The molecule has 0 unspecified atom stereocenters. The van der Waals surface area contributed by atoms with Gasteiger partial charge in [-0.2, -0.15) is 0 Å². The van der Waals surface area contributed by atoms with E-state index >= 15 is 0 Å². The average molecular weight is 218 g/mol. The van der Waals surface area contributed by atoms with Gasteiger partial charge in [0.25, 0.3) is 0 Å². The number of aryl methyl sites for hydroxylation is 1. The number of anilines is 1. The summed E-state index contributed by atoms with van der Waals surface area (Å²) in [6.45, 7) is 3.89. The molecule has 2 N–H and O–H groups in total. The van der Waals surface area contributed by atoms with Crippen LogP contribution < -0.4 is 10.6 Å². The fourth-order valence-corrected chi connectivity index (χ4v) is 2.65. The summed E-state index contributed by atoms with van der Waals surface area (Å²) < 4.78 is 0. The van der Waals surface area contributed by atoms with Crippen molar-refractivity contribution in [3.05, 3.63) is 17.0 Å². The molecule has 0 bridgehead atoms. The van der Waals surface area contributed by atoms with Gasteiger partial charge in [-0.1, -0.05) is 12.8 Å². The standard InChI is InChI=1S/C12H18N4/c1-8-10-6-13-7-11(10)16-12(14-8)15-9-4-2-3-5-9/h9,13H,2-7H2,1H3,(H,14,15,16). The number of rotatable bonds is 2. The van der Waals surface area contributed by atoms with Crippen molar-refractivity contribution in [3.63, 3.8) is 0 Å².